The Balaban J connectivity index is 0.00000172. The van der Waals surface area contributed by atoms with Gasteiger partial charge in [0.25, 0.3) is 0 Å². The van der Waals surface area contributed by atoms with E-state index in [1.54, 1.807) is 0 Å². The summed E-state index contributed by atoms with van der Waals surface area (Å²) >= 11 is 0. The molecule has 1 saturated heterocycles. The van der Waals surface area contributed by atoms with Crippen LogP contribution in [0.1, 0.15) is 117 Å². The Bertz CT molecular complexity index is 514. The molecule has 5 N–H and O–H groups in total. The molecule has 194 valence electrons. The van der Waals surface area contributed by atoms with E-state index >= 15 is 0 Å². The van der Waals surface area contributed by atoms with Crippen molar-refractivity contribution in [1.29, 1.82) is 0 Å². The Morgan fingerprint density at radius 2 is 1.28 bits per heavy atom. The molecule has 1 aliphatic heterocycles. The van der Waals surface area contributed by atoms with Crippen LogP contribution in [0.3, 0.4) is 0 Å². The maximum atomic E-state index is 8.74. The molecule has 1 fully saturated rings. The summed E-state index contributed by atoms with van der Waals surface area (Å²) in [5.41, 5.74) is 6.13. The summed E-state index contributed by atoms with van der Waals surface area (Å²) in [7, 11) is -4.67. The predicted octanol–water partition coefficient (Wildman–Crippen LogP) is 5.55. The lowest BCUT2D eigenvalue weighted by Gasteiger charge is -2.45. The summed E-state index contributed by atoms with van der Waals surface area (Å²) in [4.78, 5) is 0. The average Bonchev–Trinajstić information content (AvgIpc) is 2.73. The molecule has 3 atom stereocenters. The lowest BCUT2D eigenvalue weighted by Crippen LogP contribution is -2.62. The summed E-state index contributed by atoms with van der Waals surface area (Å²) in [5.74, 6) is 0.530. The van der Waals surface area contributed by atoms with Gasteiger partial charge in [-0.2, -0.15) is 8.42 Å². The van der Waals surface area contributed by atoms with E-state index in [0.717, 1.165) is 19.7 Å². The normalized spacial score (nSPS) is 20.9. The molecule has 3 unspecified atom stereocenters. The van der Waals surface area contributed by atoms with Crippen LogP contribution in [0.4, 0.5) is 0 Å². The van der Waals surface area contributed by atoms with E-state index in [1.807, 2.05) is 0 Å². The first-order valence-corrected chi connectivity index (χ1v) is 14.3. The highest BCUT2D eigenvalue weighted by atomic mass is 32.3. The van der Waals surface area contributed by atoms with Gasteiger partial charge in [0.05, 0.1) is 12.2 Å². The van der Waals surface area contributed by atoms with Gasteiger partial charge in [-0.15, -0.1) is 0 Å². The van der Waals surface area contributed by atoms with E-state index in [0.29, 0.717) is 5.92 Å². The molecule has 32 heavy (non-hydrogen) atoms. The first-order chi connectivity index (χ1) is 15.1. The van der Waals surface area contributed by atoms with Crippen LogP contribution < -0.4 is 11.1 Å². The van der Waals surface area contributed by atoms with Crippen molar-refractivity contribution in [2.24, 2.45) is 11.7 Å². The fraction of sp³-hybridized carbons (Fsp3) is 1.00. The molecule has 1 heterocycles. The minimum Gasteiger partial charge on any atom is -0.370 e. The molecule has 0 aromatic rings. The van der Waals surface area contributed by atoms with Gasteiger partial charge in [0.1, 0.15) is 0 Å². The van der Waals surface area contributed by atoms with Crippen molar-refractivity contribution in [2.75, 3.05) is 19.7 Å². The van der Waals surface area contributed by atoms with Crippen molar-refractivity contribution in [1.82, 2.24) is 5.32 Å². The van der Waals surface area contributed by atoms with Crippen LogP contribution in [0.5, 0.6) is 0 Å². The topological polar surface area (TPSA) is 122 Å². The van der Waals surface area contributed by atoms with Gasteiger partial charge in [0.2, 0.25) is 0 Å². The molecule has 0 spiro atoms. The van der Waals surface area contributed by atoms with E-state index in [1.165, 1.54) is 96.3 Å². The molecular formula is C24H52N2O5S. The number of rotatable bonds is 17. The van der Waals surface area contributed by atoms with E-state index in [2.05, 4.69) is 26.1 Å². The van der Waals surface area contributed by atoms with E-state index in [9.17, 15) is 0 Å². The third-order valence-electron chi connectivity index (χ3n) is 6.65. The summed E-state index contributed by atoms with van der Waals surface area (Å²) in [6.07, 6.45) is 21.1. The maximum absolute atomic E-state index is 8.74. The maximum Gasteiger partial charge on any atom is 0.394 e. The molecule has 0 radical (unpaired) electrons. The van der Waals surface area contributed by atoms with Gasteiger partial charge in [0, 0.05) is 19.1 Å². The van der Waals surface area contributed by atoms with Crippen molar-refractivity contribution >= 4 is 10.4 Å². The van der Waals surface area contributed by atoms with Crippen LogP contribution in [-0.2, 0) is 15.1 Å². The number of ether oxygens (including phenoxy) is 1. The van der Waals surface area contributed by atoms with Crippen molar-refractivity contribution in [3.8, 4) is 0 Å². The van der Waals surface area contributed by atoms with Gasteiger partial charge < -0.3 is 15.8 Å². The van der Waals surface area contributed by atoms with Gasteiger partial charge in [-0.3, -0.25) is 9.11 Å². The number of unbranched alkanes of at least 4 members (excludes halogenated alkanes) is 13. The van der Waals surface area contributed by atoms with Crippen molar-refractivity contribution < 1.29 is 22.3 Å². The standard InChI is InChI=1S/C24H50N2O.H2O4S/c1-4-5-6-7-8-9-10-11-12-13-14-15-16-17-18-22(2)24(23(3)25)21-26-19-20-27-24;1-5(2,3)4/h22-23,26H,4-21,25H2,1-3H3;(H2,1,2,3,4). The van der Waals surface area contributed by atoms with Gasteiger partial charge in [0.15, 0.2) is 0 Å². The number of nitrogens with one attached hydrogen (secondary N) is 1. The minimum atomic E-state index is -4.67. The lowest BCUT2D eigenvalue weighted by molar-refractivity contribution is -0.115. The van der Waals surface area contributed by atoms with Crippen LogP contribution >= 0.6 is 0 Å². The van der Waals surface area contributed by atoms with Crippen molar-refractivity contribution in [2.45, 2.75) is 129 Å². The molecule has 1 rings (SSSR count). The van der Waals surface area contributed by atoms with E-state index in [-0.39, 0.29) is 11.6 Å². The fourth-order valence-corrected chi connectivity index (χ4v) is 4.60. The first kappa shape index (κ1) is 31.8. The summed E-state index contributed by atoms with van der Waals surface area (Å²) in [6, 6.07) is 0.0898. The fourth-order valence-electron chi connectivity index (χ4n) is 4.60. The molecule has 0 aliphatic carbocycles. The summed E-state index contributed by atoms with van der Waals surface area (Å²) < 4.78 is 37.8. The molecule has 0 bridgehead atoms. The summed E-state index contributed by atoms with van der Waals surface area (Å²) in [5, 5.41) is 3.48. The van der Waals surface area contributed by atoms with Gasteiger partial charge in [-0.05, 0) is 19.3 Å². The van der Waals surface area contributed by atoms with E-state index < -0.39 is 10.4 Å². The second-order valence-corrected chi connectivity index (χ2v) is 10.4. The molecular weight excluding hydrogens is 428 g/mol. The van der Waals surface area contributed by atoms with Crippen LogP contribution in [0.15, 0.2) is 0 Å². The molecule has 0 saturated carbocycles. The molecule has 0 aromatic heterocycles. The van der Waals surface area contributed by atoms with E-state index in [4.69, 9.17) is 28.0 Å². The Hall–Kier alpha value is -0.250. The van der Waals surface area contributed by atoms with Crippen molar-refractivity contribution in [3.05, 3.63) is 0 Å². The second-order valence-electron chi connectivity index (χ2n) is 9.50. The van der Waals surface area contributed by atoms with Gasteiger partial charge in [-0.1, -0.05) is 104 Å². The highest BCUT2D eigenvalue weighted by Crippen LogP contribution is 2.30. The highest BCUT2D eigenvalue weighted by molar-refractivity contribution is 7.79. The lowest BCUT2D eigenvalue weighted by atomic mass is 9.79. The smallest absolute Gasteiger partial charge is 0.370 e. The Morgan fingerprint density at radius 1 is 0.875 bits per heavy atom. The Morgan fingerprint density at radius 3 is 1.62 bits per heavy atom. The molecule has 1 aliphatic rings. The third kappa shape index (κ3) is 17.3. The zero-order valence-corrected chi connectivity index (χ0v) is 21.8. The predicted molar refractivity (Wildman–Crippen MR) is 133 cm³/mol. The van der Waals surface area contributed by atoms with Gasteiger partial charge >= 0.3 is 10.4 Å². The zero-order chi connectivity index (χ0) is 24.3. The molecule has 7 nitrogen and oxygen atoms in total. The Labute approximate surface area is 198 Å². The molecule has 8 heteroatoms. The highest BCUT2D eigenvalue weighted by Gasteiger charge is 2.41. The minimum absolute atomic E-state index is 0.0898. The monoisotopic (exact) mass is 480 g/mol. The number of hydrogen-bond donors (Lipinski definition) is 4. The van der Waals surface area contributed by atoms with Crippen LogP contribution in [-0.4, -0.2) is 48.9 Å². The SMILES string of the molecule is CCCCCCCCCCCCCCCCC(C)C1(C(C)N)CNCCO1.O=S(=O)(O)O. The quantitative estimate of drug-likeness (QED) is 0.159. The average molecular weight is 481 g/mol. The van der Waals surface area contributed by atoms with Crippen LogP contribution in [0, 0.1) is 5.92 Å². The Kier molecular flexibility index (Phi) is 18.9. The summed E-state index contributed by atoms with van der Waals surface area (Å²) in [6.45, 7) is 9.39. The molecule has 0 aromatic carbocycles. The first-order valence-electron chi connectivity index (χ1n) is 12.9. The van der Waals surface area contributed by atoms with Gasteiger partial charge in [-0.25, -0.2) is 0 Å². The van der Waals surface area contributed by atoms with Crippen LogP contribution in [0.25, 0.3) is 0 Å². The molecule has 0 amide bonds. The zero-order valence-electron chi connectivity index (χ0n) is 21.0. The number of hydrogen-bond acceptors (Lipinski definition) is 5. The number of nitrogens with two attached hydrogens (primary N) is 1. The third-order valence-corrected chi connectivity index (χ3v) is 6.65. The largest absolute Gasteiger partial charge is 0.394 e. The second kappa shape index (κ2) is 19.1. The van der Waals surface area contributed by atoms with Crippen LogP contribution in [0.2, 0.25) is 0 Å². The van der Waals surface area contributed by atoms with Crippen molar-refractivity contribution in [3.63, 3.8) is 0 Å². The number of morpholine rings is 1.